The lowest BCUT2D eigenvalue weighted by molar-refractivity contribution is 0.262. The number of aromatic nitrogens is 1. The second-order valence-corrected chi connectivity index (χ2v) is 6.06. The fourth-order valence-corrected chi connectivity index (χ4v) is 2.77. The number of carbonyl (C=O) groups excluding carboxylic acids is 1. The van der Waals surface area contributed by atoms with Crippen LogP contribution in [0.4, 0.5) is 16.2 Å². The van der Waals surface area contributed by atoms with Gasteiger partial charge in [-0.1, -0.05) is 41.9 Å². The van der Waals surface area contributed by atoms with Gasteiger partial charge in [-0.05, 0) is 42.5 Å². The number of nitrogens with one attached hydrogen (secondary N) is 2. The van der Waals surface area contributed by atoms with Gasteiger partial charge in [-0.2, -0.15) is 0 Å². The lowest BCUT2D eigenvalue weighted by Gasteiger charge is -2.10. The van der Waals surface area contributed by atoms with E-state index in [1.807, 2.05) is 48.5 Å². The number of benzene rings is 3. The number of amides is 2. The minimum Gasteiger partial charge on any atom is -0.436 e. The van der Waals surface area contributed by atoms with Gasteiger partial charge in [-0.15, -0.1) is 0 Å². The Labute approximate surface area is 154 Å². The number of carbonyl (C=O) groups is 1. The molecule has 4 aromatic rings. The van der Waals surface area contributed by atoms with Gasteiger partial charge in [-0.25, -0.2) is 9.78 Å². The van der Waals surface area contributed by atoms with E-state index >= 15 is 0 Å². The van der Waals surface area contributed by atoms with Crippen molar-refractivity contribution in [1.82, 2.24) is 4.98 Å². The summed E-state index contributed by atoms with van der Waals surface area (Å²) in [5.74, 6) is 0.415. The van der Waals surface area contributed by atoms with Crippen LogP contribution < -0.4 is 10.6 Å². The van der Waals surface area contributed by atoms with Crippen molar-refractivity contribution in [2.24, 2.45) is 0 Å². The minimum absolute atomic E-state index is 0.345. The Morgan fingerprint density at radius 2 is 1.69 bits per heavy atom. The molecule has 26 heavy (non-hydrogen) atoms. The van der Waals surface area contributed by atoms with Crippen molar-refractivity contribution in [3.05, 3.63) is 77.8 Å². The standard InChI is InChI=1S/C20H14ClN3O2/c21-13-10-11-18-17(12-13)23-19(26-18)15-8-4-5-9-16(15)24-20(25)22-14-6-2-1-3-7-14/h1-12H,(H2,22,24,25). The maximum atomic E-state index is 12.3. The molecule has 6 heteroatoms. The zero-order chi connectivity index (χ0) is 17.9. The molecule has 0 unspecified atom stereocenters. The van der Waals surface area contributed by atoms with Gasteiger partial charge in [0, 0.05) is 10.7 Å². The summed E-state index contributed by atoms with van der Waals surface area (Å²) < 4.78 is 5.81. The first kappa shape index (κ1) is 16.2. The number of hydrogen-bond acceptors (Lipinski definition) is 3. The van der Waals surface area contributed by atoms with Crippen LogP contribution >= 0.6 is 11.6 Å². The molecule has 3 aromatic carbocycles. The predicted molar refractivity (Wildman–Crippen MR) is 104 cm³/mol. The number of anilines is 2. The maximum Gasteiger partial charge on any atom is 0.323 e. The largest absolute Gasteiger partial charge is 0.436 e. The van der Waals surface area contributed by atoms with Gasteiger partial charge in [0.15, 0.2) is 5.58 Å². The Hall–Kier alpha value is -3.31. The van der Waals surface area contributed by atoms with Crippen LogP contribution in [0, 0.1) is 0 Å². The van der Waals surface area contributed by atoms with Crippen molar-refractivity contribution in [3.63, 3.8) is 0 Å². The summed E-state index contributed by atoms with van der Waals surface area (Å²) in [6.45, 7) is 0. The number of nitrogens with zero attached hydrogens (tertiary/aromatic N) is 1. The van der Waals surface area contributed by atoms with Gasteiger partial charge < -0.3 is 15.1 Å². The molecule has 0 radical (unpaired) electrons. The van der Waals surface area contributed by atoms with E-state index in [9.17, 15) is 4.79 Å². The van der Waals surface area contributed by atoms with Crippen LogP contribution in [0.5, 0.6) is 0 Å². The molecule has 0 saturated carbocycles. The van der Waals surface area contributed by atoms with E-state index in [1.165, 1.54) is 0 Å². The van der Waals surface area contributed by atoms with Gasteiger partial charge in [-0.3, -0.25) is 0 Å². The highest BCUT2D eigenvalue weighted by atomic mass is 35.5. The molecule has 2 amide bonds. The highest BCUT2D eigenvalue weighted by molar-refractivity contribution is 6.31. The molecule has 0 saturated heterocycles. The van der Waals surface area contributed by atoms with Gasteiger partial charge in [0.25, 0.3) is 0 Å². The average molecular weight is 364 g/mol. The van der Waals surface area contributed by atoms with Gasteiger partial charge in [0.1, 0.15) is 5.52 Å². The maximum absolute atomic E-state index is 12.3. The van der Waals surface area contributed by atoms with E-state index in [0.717, 1.165) is 0 Å². The SMILES string of the molecule is O=C(Nc1ccccc1)Nc1ccccc1-c1nc2cc(Cl)ccc2o1. The fraction of sp³-hybridized carbons (Fsp3) is 0. The average Bonchev–Trinajstić information content (AvgIpc) is 3.06. The normalized spacial score (nSPS) is 10.7. The van der Waals surface area contributed by atoms with Crippen molar-refractivity contribution >= 4 is 40.1 Å². The number of rotatable bonds is 3. The monoisotopic (exact) mass is 363 g/mol. The predicted octanol–water partition coefficient (Wildman–Crippen LogP) is 5.79. The third kappa shape index (κ3) is 3.38. The van der Waals surface area contributed by atoms with Crippen molar-refractivity contribution in [2.75, 3.05) is 10.6 Å². The summed E-state index contributed by atoms with van der Waals surface area (Å²) in [7, 11) is 0. The second-order valence-electron chi connectivity index (χ2n) is 5.62. The lowest BCUT2D eigenvalue weighted by Crippen LogP contribution is -2.19. The van der Waals surface area contributed by atoms with Crippen molar-refractivity contribution in [1.29, 1.82) is 0 Å². The zero-order valence-corrected chi connectivity index (χ0v) is 14.3. The van der Waals surface area contributed by atoms with Crippen molar-refractivity contribution < 1.29 is 9.21 Å². The van der Waals surface area contributed by atoms with E-state index in [1.54, 1.807) is 24.3 Å². The van der Waals surface area contributed by atoms with Crippen LogP contribution in [-0.4, -0.2) is 11.0 Å². The molecule has 0 aliphatic rings. The van der Waals surface area contributed by atoms with E-state index in [-0.39, 0.29) is 6.03 Å². The molecule has 0 aliphatic carbocycles. The molecule has 5 nitrogen and oxygen atoms in total. The fourth-order valence-electron chi connectivity index (χ4n) is 2.60. The molecule has 0 spiro atoms. The summed E-state index contributed by atoms with van der Waals surface area (Å²) >= 11 is 6.00. The summed E-state index contributed by atoms with van der Waals surface area (Å²) in [4.78, 5) is 16.8. The first-order valence-corrected chi connectivity index (χ1v) is 8.35. The Bertz CT molecular complexity index is 1080. The Balaban J connectivity index is 1.62. The van der Waals surface area contributed by atoms with Crippen LogP contribution in [0.1, 0.15) is 0 Å². The van der Waals surface area contributed by atoms with E-state index < -0.39 is 0 Å². The topological polar surface area (TPSA) is 67.2 Å². The third-order valence-corrected chi connectivity index (χ3v) is 4.02. The number of fused-ring (bicyclic) bond motifs is 1. The van der Waals surface area contributed by atoms with Crippen LogP contribution in [0.25, 0.3) is 22.6 Å². The molecule has 0 fully saturated rings. The summed E-state index contributed by atoms with van der Waals surface area (Å²) in [6.07, 6.45) is 0. The number of hydrogen-bond donors (Lipinski definition) is 2. The molecule has 4 rings (SSSR count). The molecule has 1 aromatic heterocycles. The second kappa shape index (κ2) is 6.90. The number of para-hydroxylation sites is 2. The van der Waals surface area contributed by atoms with Crippen LogP contribution in [0.2, 0.25) is 5.02 Å². The van der Waals surface area contributed by atoms with E-state index in [4.69, 9.17) is 16.0 Å². The highest BCUT2D eigenvalue weighted by Gasteiger charge is 2.14. The summed E-state index contributed by atoms with van der Waals surface area (Å²) in [6, 6.07) is 21.5. The molecule has 0 bridgehead atoms. The van der Waals surface area contributed by atoms with Crippen LogP contribution in [-0.2, 0) is 0 Å². The van der Waals surface area contributed by atoms with Crippen LogP contribution in [0.3, 0.4) is 0 Å². The van der Waals surface area contributed by atoms with Crippen molar-refractivity contribution in [2.45, 2.75) is 0 Å². The summed E-state index contributed by atoms with van der Waals surface area (Å²) in [5, 5.41) is 6.21. The Morgan fingerprint density at radius 3 is 2.54 bits per heavy atom. The summed E-state index contributed by atoms with van der Waals surface area (Å²) in [5.41, 5.74) is 3.28. The molecule has 2 N–H and O–H groups in total. The van der Waals surface area contributed by atoms with E-state index in [0.29, 0.717) is 39.0 Å². The quantitative estimate of drug-likeness (QED) is 0.484. The van der Waals surface area contributed by atoms with Crippen LogP contribution in [0.15, 0.2) is 77.2 Å². The molecule has 128 valence electrons. The third-order valence-electron chi connectivity index (χ3n) is 3.79. The molecule has 0 aliphatic heterocycles. The lowest BCUT2D eigenvalue weighted by atomic mass is 10.2. The number of urea groups is 1. The molecular weight excluding hydrogens is 350 g/mol. The molecule has 0 atom stereocenters. The minimum atomic E-state index is -0.345. The van der Waals surface area contributed by atoms with Crippen molar-refractivity contribution in [3.8, 4) is 11.5 Å². The number of halogens is 1. The smallest absolute Gasteiger partial charge is 0.323 e. The van der Waals surface area contributed by atoms with Gasteiger partial charge in [0.05, 0.1) is 11.3 Å². The highest BCUT2D eigenvalue weighted by Crippen LogP contribution is 2.31. The molecule has 1 heterocycles. The van der Waals surface area contributed by atoms with E-state index in [2.05, 4.69) is 15.6 Å². The zero-order valence-electron chi connectivity index (χ0n) is 13.6. The first-order chi connectivity index (χ1) is 12.7. The Kier molecular flexibility index (Phi) is 4.29. The molecular formula is C20H14ClN3O2. The van der Waals surface area contributed by atoms with Gasteiger partial charge >= 0.3 is 6.03 Å². The Morgan fingerprint density at radius 1 is 0.923 bits per heavy atom. The van der Waals surface area contributed by atoms with Gasteiger partial charge in [0.2, 0.25) is 5.89 Å². The first-order valence-electron chi connectivity index (χ1n) is 7.97. The number of oxazole rings is 1.